The van der Waals surface area contributed by atoms with E-state index in [2.05, 4.69) is 4.72 Å². The van der Waals surface area contributed by atoms with Gasteiger partial charge in [-0.2, -0.15) is 0 Å². The van der Waals surface area contributed by atoms with Gasteiger partial charge in [-0.25, -0.2) is 17.5 Å². The number of sulfonamides is 1. The summed E-state index contributed by atoms with van der Waals surface area (Å²) in [7, 11) is -3.95. The van der Waals surface area contributed by atoms with Crippen molar-refractivity contribution in [2.75, 3.05) is 13.2 Å². The minimum Gasteiger partial charge on any atom is -0.466 e. The van der Waals surface area contributed by atoms with Gasteiger partial charge in [-0.15, -0.1) is 0 Å². The van der Waals surface area contributed by atoms with Gasteiger partial charge >= 0.3 is 5.97 Å². The normalized spacial score (nSPS) is 11.3. The highest BCUT2D eigenvalue weighted by Gasteiger charge is 2.18. The van der Waals surface area contributed by atoms with Crippen LogP contribution in [0.4, 0.5) is 4.39 Å². The average molecular weight is 324 g/mol. The van der Waals surface area contributed by atoms with Crippen molar-refractivity contribution in [1.82, 2.24) is 4.72 Å². The summed E-state index contributed by atoms with van der Waals surface area (Å²) in [6, 6.07) is 3.30. The Kier molecular flexibility index (Phi) is 6.38. The van der Waals surface area contributed by atoms with Gasteiger partial charge in [0.05, 0.1) is 6.61 Å². The van der Waals surface area contributed by atoms with Gasteiger partial charge in [-0.1, -0.05) is 11.6 Å². The predicted octanol–water partition coefficient (Wildman–Crippen LogP) is 2.10. The van der Waals surface area contributed by atoms with Gasteiger partial charge in [-0.3, -0.25) is 4.79 Å². The second-order valence-corrected chi connectivity index (χ2v) is 6.05. The lowest BCUT2D eigenvalue weighted by Crippen LogP contribution is -2.26. The Morgan fingerprint density at radius 2 is 2.15 bits per heavy atom. The first kappa shape index (κ1) is 16.9. The molecule has 0 amide bonds. The van der Waals surface area contributed by atoms with Gasteiger partial charge < -0.3 is 4.74 Å². The molecule has 5 nitrogen and oxygen atoms in total. The number of benzene rings is 1. The fourth-order valence-corrected chi connectivity index (χ4v) is 2.73. The highest BCUT2D eigenvalue weighted by molar-refractivity contribution is 7.89. The van der Waals surface area contributed by atoms with Crippen LogP contribution in [0.15, 0.2) is 23.1 Å². The number of hydrogen-bond acceptors (Lipinski definition) is 4. The Morgan fingerprint density at radius 1 is 1.45 bits per heavy atom. The van der Waals surface area contributed by atoms with Crippen molar-refractivity contribution in [1.29, 1.82) is 0 Å². The number of hydrogen-bond donors (Lipinski definition) is 1. The van der Waals surface area contributed by atoms with E-state index in [1.807, 2.05) is 0 Å². The van der Waals surface area contributed by atoms with Gasteiger partial charge in [0, 0.05) is 18.0 Å². The van der Waals surface area contributed by atoms with E-state index in [0.29, 0.717) is 0 Å². The van der Waals surface area contributed by atoms with Crippen molar-refractivity contribution in [2.45, 2.75) is 24.7 Å². The molecule has 112 valence electrons. The maximum atomic E-state index is 13.5. The van der Waals surface area contributed by atoms with E-state index in [9.17, 15) is 17.6 Å². The summed E-state index contributed by atoms with van der Waals surface area (Å²) < 4.78 is 44.1. The van der Waals surface area contributed by atoms with Crippen LogP contribution >= 0.6 is 11.6 Å². The number of esters is 1. The standard InChI is InChI=1S/C12H15ClFNO4S/c1-2-19-12(16)4-3-7-15-20(17,18)11-6-5-9(13)8-10(11)14/h5-6,8,15H,2-4,7H2,1H3. The minimum atomic E-state index is -3.95. The quantitative estimate of drug-likeness (QED) is 0.616. The Balaban J connectivity index is 2.56. The van der Waals surface area contributed by atoms with Crippen LogP contribution in [0, 0.1) is 5.82 Å². The SMILES string of the molecule is CCOC(=O)CCCNS(=O)(=O)c1ccc(Cl)cc1F. The summed E-state index contributed by atoms with van der Waals surface area (Å²) in [4.78, 5) is 10.6. The Labute approximate surface area is 122 Å². The monoisotopic (exact) mass is 323 g/mol. The van der Waals surface area contributed by atoms with Crippen LogP contribution in [0.5, 0.6) is 0 Å². The Bertz CT molecular complexity index is 577. The van der Waals surface area contributed by atoms with Crippen LogP contribution in [0.25, 0.3) is 0 Å². The predicted molar refractivity (Wildman–Crippen MR) is 72.5 cm³/mol. The maximum Gasteiger partial charge on any atom is 0.305 e. The smallest absolute Gasteiger partial charge is 0.305 e. The van der Waals surface area contributed by atoms with Crippen molar-refractivity contribution in [3.8, 4) is 0 Å². The molecule has 0 spiro atoms. The van der Waals surface area contributed by atoms with E-state index in [1.54, 1.807) is 6.92 Å². The number of ether oxygens (including phenoxy) is 1. The molecular formula is C12H15ClFNO4S. The molecule has 0 unspecified atom stereocenters. The van der Waals surface area contributed by atoms with Gasteiger partial charge in [-0.05, 0) is 31.5 Å². The molecule has 1 aromatic rings. The van der Waals surface area contributed by atoms with Gasteiger partial charge in [0.2, 0.25) is 10.0 Å². The third kappa shape index (κ3) is 5.07. The number of nitrogens with one attached hydrogen (secondary N) is 1. The summed E-state index contributed by atoms with van der Waals surface area (Å²) in [6.45, 7) is 1.98. The molecule has 0 heterocycles. The van der Waals surface area contributed by atoms with Crippen LogP contribution in [0.2, 0.25) is 5.02 Å². The molecule has 1 aromatic carbocycles. The topological polar surface area (TPSA) is 72.5 Å². The second kappa shape index (κ2) is 7.56. The number of carbonyl (C=O) groups is 1. The zero-order valence-corrected chi connectivity index (χ0v) is 12.4. The lowest BCUT2D eigenvalue weighted by atomic mass is 10.3. The first-order chi connectivity index (χ1) is 9.36. The molecule has 0 bridgehead atoms. The largest absolute Gasteiger partial charge is 0.466 e. The zero-order chi connectivity index (χ0) is 15.2. The molecule has 0 aliphatic carbocycles. The van der Waals surface area contributed by atoms with E-state index in [-0.39, 0.29) is 31.0 Å². The third-order valence-corrected chi connectivity index (χ3v) is 4.07. The van der Waals surface area contributed by atoms with Crippen LogP contribution in [0.1, 0.15) is 19.8 Å². The van der Waals surface area contributed by atoms with E-state index in [1.165, 1.54) is 6.07 Å². The first-order valence-electron chi connectivity index (χ1n) is 5.97. The lowest BCUT2D eigenvalue weighted by Gasteiger charge is -2.07. The molecule has 1 N–H and O–H groups in total. The minimum absolute atomic E-state index is 0.0171. The summed E-state index contributed by atoms with van der Waals surface area (Å²) in [6.07, 6.45) is 0.368. The summed E-state index contributed by atoms with van der Waals surface area (Å²) in [5.41, 5.74) is 0. The molecule has 0 fully saturated rings. The molecule has 0 saturated carbocycles. The molecule has 0 aliphatic rings. The Hall–Kier alpha value is -1.18. The molecule has 8 heteroatoms. The van der Waals surface area contributed by atoms with Crippen LogP contribution in [-0.2, 0) is 19.6 Å². The molecule has 0 atom stereocenters. The number of halogens is 2. The molecular weight excluding hydrogens is 309 g/mol. The van der Waals surface area contributed by atoms with Gasteiger partial charge in [0.25, 0.3) is 0 Å². The van der Waals surface area contributed by atoms with E-state index < -0.39 is 26.7 Å². The highest BCUT2D eigenvalue weighted by atomic mass is 35.5. The first-order valence-corrected chi connectivity index (χ1v) is 7.83. The van der Waals surface area contributed by atoms with Crippen LogP contribution in [-0.4, -0.2) is 27.5 Å². The average Bonchev–Trinajstić information content (AvgIpc) is 2.34. The second-order valence-electron chi connectivity index (χ2n) is 3.88. The molecule has 0 aliphatic heterocycles. The van der Waals surface area contributed by atoms with Crippen LogP contribution in [0.3, 0.4) is 0 Å². The van der Waals surface area contributed by atoms with Crippen molar-refractivity contribution in [3.63, 3.8) is 0 Å². The van der Waals surface area contributed by atoms with Crippen molar-refractivity contribution in [3.05, 3.63) is 29.0 Å². The zero-order valence-electron chi connectivity index (χ0n) is 10.9. The summed E-state index contributed by atoms with van der Waals surface area (Å²) >= 11 is 5.55. The fraction of sp³-hybridized carbons (Fsp3) is 0.417. The highest BCUT2D eigenvalue weighted by Crippen LogP contribution is 2.18. The third-order valence-electron chi connectivity index (χ3n) is 2.34. The van der Waals surface area contributed by atoms with Crippen molar-refractivity contribution < 1.29 is 22.3 Å². The Morgan fingerprint density at radius 3 is 2.75 bits per heavy atom. The van der Waals surface area contributed by atoms with Crippen molar-refractivity contribution >= 4 is 27.6 Å². The van der Waals surface area contributed by atoms with Crippen molar-refractivity contribution in [2.24, 2.45) is 0 Å². The van der Waals surface area contributed by atoms with Gasteiger partial charge in [0.1, 0.15) is 10.7 Å². The number of carbonyl (C=O) groups excluding carboxylic acids is 1. The summed E-state index contributed by atoms with van der Waals surface area (Å²) in [5.74, 6) is -1.32. The molecule has 0 saturated heterocycles. The van der Waals surface area contributed by atoms with E-state index >= 15 is 0 Å². The maximum absolute atomic E-state index is 13.5. The fourth-order valence-electron chi connectivity index (χ4n) is 1.44. The molecule has 0 radical (unpaired) electrons. The van der Waals surface area contributed by atoms with E-state index in [0.717, 1.165) is 12.1 Å². The lowest BCUT2D eigenvalue weighted by molar-refractivity contribution is -0.143. The van der Waals surface area contributed by atoms with E-state index in [4.69, 9.17) is 16.3 Å². The number of rotatable bonds is 7. The molecule has 0 aromatic heterocycles. The van der Waals surface area contributed by atoms with Gasteiger partial charge in [0.15, 0.2) is 0 Å². The van der Waals surface area contributed by atoms with Crippen LogP contribution < -0.4 is 4.72 Å². The molecule has 20 heavy (non-hydrogen) atoms. The molecule has 1 rings (SSSR count). The summed E-state index contributed by atoms with van der Waals surface area (Å²) in [5, 5.41) is 0.115.